The average Bonchev–Trinajstić information content (AvgIpc) is 3.66. The summed E-state index contributed by atoms with van der Waals surface area (Å²) in [4.78, 5) is 15.5. The van der Waals surface area contributed by atoms with E-state index < -0.39 is 0 Å². The standard InChI is InChI=1S/C38H44N4/c1-9-26-21(5)30-18-34-28(11-3)23(7)37(41-34)36(25-16-14-13-15-17-25)38-24(8)29(12-4)35(42-38)19-31-22(6)27(10-2)33(40-31)20-32(26)39-30/h13-20,39-42H,9-12H2,1-8H3. The van der Waals surface area contributed by atoms with Gasteiger partial charge in [0.2, 0.25) is 0 Å². The van der Waals surface area contributed by atoms with Gasteiger partial charge in [-0.25, -0.2) is 0 Å². The summed E-state index contributed by atoms with van der Waals surface area (Å²) in [5.41, 5.74) is 17.9. The number of aromatic amines is 4. The SMILES string of the molecule is CCc1c2[nH]c(c1C)C=c1[nH]c(c(C)c1CC)=C(c1ccccc1)c1[nH]c(c(CC)c1C)C=c1[nH]c(c(CC)c1C)=C2. The molecule has 0 fully saturated rings. The van der Waals surface area contributed by atoms with Crippen LogP contribution < -0.4 is 21.4 Å². The molecule has 4 nitrogen and oxygen atoms in total. The van der Waals surface area contributed by atoms with Crippen molar-refractivity contribution in [3.05, 3.63) is 125 Å². The average molecular weight is 557 g/mol. The Morgan fingerprint density at radius 2 is 1.02 bits per heavy atom. The van der Waals surface area contributed by atoms with Gasteiger partial charge in [0.05, 0.1) is 11.0 Å². The van der Waals surface area contributed by atoms with Crippen LogP contribution in [-0.4, -0.2) is 19.9 Å². The smallest absolute Gasteiger partial charge is 0.0518 e. The van der Waals surface area contributed by atoms with Crippen molar-refractivity contribution in [2.24, 2.45) is 0 Å². The van der Waals surface area contributed by atoms with Crippen LogP contribution in [0.2, 0.25) is 0 Å². The van der Waals surface area contributed by atoms with Gasteiger partial charge in [0.25, 0.3) is 0 Å². The van der Waals surface area contributed by atoms with Gasteiger partial charge in [0.1, 0.15) is 0 Å². The molecule has 0 radical (unpaired) electrons. The summed E-state index contributed by atoms with van der Waals surface area (Å²) in [6.07, 6.45) is 10.9. The van der Waals surface area contributed by atoms with Crippen LogP contribution in [0.5, 0.6) is 0 Å². The molecular weight excluding hydrogens is 512 g/mol. The highest BCUT2D eigenvalue weighted by Crippen LogP contribution is 2.29. The van der Waals surface area contributed by atoms with Crippen LogP contribution in [0.15, 0.2) is 30.3 Å². The Morgan fingerprint density at radius 1 is 0.476 bits per heavy atom. The molecule has 0 atom stereocenters. The molecule has 0 aliphatic carbocycles. The number of aromatic nitrogens is 4. The fourth-order valence-corrected chi connectivity index (χ4v) is 7.23. The van der Waals surface area contributed by atoms with Gasteiger partial charge >= 0.3 is 0 Å². The molecular formula is C38H44N4. The first kappa shape index (κ1) is 28.0. The zero-order chi connectivity index (χ0) is 29.7. The molecule has 1 aliphatic heterocycles. The number of benzene rings is 1. The van der Waals surface area contributed by atoms with E-state index in [0.29, 0.717) is 0 Å². The predicted octanol–water partition coefficient (Wildman–Crippen LogP) is 5.53. The van der Waals surface area contributed by atoms with E-state index in [4.69, 9.17) is 0 Å². The maximum absolute atomic E-state index is 3.93. The molecule has 8 bridgehead atoms. The Morgan fingerprint density at radius 3 is 1.69 bits per heavy atom. The summed E-state index contributed by atoms with van der Waals surface area (Å²) in [6, 6.07) is 10.8. The molecule has 4 N–H and O–H groups in total. The van der Waals surface area contributed by atoms with Crippen LogP contribution in [0, 0.1) is 27.7 Å². The zero-order valence-corrected chi connectivity index (χ0v) is 26.4. The molecule has 6 rings (SSSR count). The van der Waals surface area contributed by atoms with Crippen molar-refractivity contribution in [1.82, 2.24) is 19.9 Å². The van der Waals surface area contributed by atoms with E-state index in [1.54, 1.807) is 0 Å². The quantitative estimate of drug-likeness (QED) is 0.216. The molecule has 5 aromatic rings. The zero-order valence-electron chi connectivity index (χ0n) is 26.4. The molecule has 216 valence electrons. The van der Waals surface area contributed by atoms with Gasteiger partial charge in [-0.05, 0) is 122 Å². The van der Waals surface area contributed by atoms with E-state index in [1.807, 2.05) is 0 Å². The van der Waals surface area contributed by atoms with Crippen molar-refractivity contribution in [2.45, 2.75) is 81.1 Å². The molecule has 4 aromatic heterocycles. The van der Waals surface area contributed by atoms with E-state index >= 15 is 0 Å². The van der Waals surface area contributed by atoms with Crippen LogP contribution in [0.4, 0.5) is 0 Å². The van der Waals surface area contributed by atoms with Gasteiger partial charge in [-0.1, -0.05) is 58.0 Å². The predicted molar refractivity (Wildman–Crippen MR) is 177 cm³/mol. The number of hydrogen-bond acceptors (Lipinski definition) is 0. The van der Waals surface area contributed by atoms with Crippen molar-refractivity contribution >= 4 is 23.8 Å². The third-order valence-electron chi connectivity index (χ3n) is 9.57. The van der Waals surface area contributed by atoms with E-state index in [2.05, 4.69) is 124 Å². The van der Waals surface area contributed by atoms with Gasteiger partial charge in [-0.2, -0.15) is 0 Å². The summed E-state index contributed by atoms with van der Waals surface area (Å²) in [5.74, 6) is 0. The Kier molecular flexibility index (Phi) is 7.26. The van der Waals surface area contributed by atoms with Gasteiger partial charge < -0.3 is 19.9 Å². The van der Waals surface area contributed by atoms with Gasteiger partial charge in [-0.3, -0.25) is 0 Å². The van der Waals surface area contributed by atoms with Crippen molar-refractivity contribution in [3.8, 4) is 0 Å². The number of H-pyrrole nitrogens is 4. The summed E-state index contributed by atoms with van der Waals surface area (Å²) in [6.45, 7) is 18.1. The summed E-state index contributed by atoms with van der Waals surface area (Å²) in [5, 5.41) is 4.74. The topological polar surface area (TPSA) is 63.2 Å². The Labute approximate surface area is 249 Å². The lowest BCUT2D eigenvalue weighted by molar-refractivity contribution is 1.09. The minimum absolute atomic E-state index is 0.961. The fourth-order valence-electron chi connectivity index (χ4n) is 7.23. The molecule has 4 heteroatoms. The van der Waals surface area contributed by atoms with Crippen molar-refractivity contribution in [2.75, 3.05) is 0 Å². The highest BCUT2D eigenvalue weighted by atomic mass is 14.8. The lowest BCUT2D eigenvalue weighted by Crippen LogP contribution is -2.17. The Balaban J connectivity index is 1.86. The number of hydrogen-bond donors (Lipinski definition) is 4. The van der Waals surface area contributed by atoms with E-state index in [1.165, 1.54) is 99.8 Å². The molecule has 0 spiro atoms. The van der Waals surface area contributed by atoms with Crippen molar-refractivity contribution < 1.29 is 0 Å². The maximum atomic E-state index is 3.93. The highest BCUT2D eigenvalue weighted by molar-refractivity contribution is 5.81. The van der Waals surface area contributed by atoms with E-state index in [0.717, 1.165) is 25.7 Å². The summed E-state index contributed by atoms with van der Waals surface area (Å²) >= 11 is 0. The second-order valence-electron chi connectivity index (χ2n) is 11.7. The van der Waals surface area contributed by atoms with Crippen LogP contribution in [0.3, 0.4) is 0 Å². The molecule has 42 heavy (non-hydrogen) atoms. The van der Waals surface area contributed by atoms with Gasteiger partial charge in [0, 0.05) is 38.7 Å². The second-order valence-corrected chi connectivity index (χ2v) is 11.7. The molecule has 0 saturated carbocycles. The summed E-state index contributed by atoms with van der Waals surface area (Å²) < 4.78 is 0. The minimum atomic E-state index is 0.961. The lowest BCUT2D eigenvalue weighted by Gasteiger charge is -2.09. The second kappa shape index (κ2) is 10.9. The molecule has 0 unspecified atom stereocenters. The van der Waals surface area contributed by atoms with Gasteiger partial charge in [0.15, 0.2) is 0 Å². The van der Waals surface area contributed by atoms with Crippen LogP contribution in [0.1, 0.15) is 101 Å². The summed E-state index contributed by atoms with van der Waals surface area (Å²) in [7, 11) is 0. The van der Waals surface area contributed by atoms with Crippen molar-refractivity contribution in [3.63, 3.8) is 0 Å². The first-order chi connectivity index (χ1) is 20.3. The maximum Gasteiger partial charge on any atom is 0.0518 e. The number of rotatable bonds is 5. The molecule has 5 heterocycles. The largest absolute Gasteiger partial charge is 0.355 e. The molecule has 0 saturated heterocycles. The lowest BCUT2D eigenvalue weighted by atomic mass is 9.96. The van der Waals surface area contributed by atoms with E-state index in [9.17, 15) is 0 Å². The molecule has 1 aliphatic rings. The normalized spacial score (nSPS) is 12.7. The van der Waals surface area contributed by atoms with Crippen LogP contribution >= 0.6 is 0 Å². The van der Waals surface area contributed by atoms with Crippen LogP contribution in [-0.2, 0) is 25.7 Å². The van der Waals surface area contributed by atoms with E-state index in [-0.39, 0.29) is 0 Å². The highest BCUT2D eigenvalue weighted by Gasteiger charge is 2.20. The first-order valence-electron chi connectivity index (χ1n) is 15.6. The Hall–Kier alpha value is -4.18. The molecule has 1 aromatic carbocycles. The Bertz CT molecular complexity index is 2050. The first-order valence-corrected chi connectivity index (χ1v) is 15.6. The third-order valence-corrected chi connectivity index (χ3v) is 9.57. The number of fused-ring (bicyclic) bond motifs is 8. The monoisotopic (exact) mass is 556 g/mol. The van der Waals surface area contributed by atoms with Crippen molar-refractivity contribution in [1.29, 1.82) is 0 Å². The minimum Gasteiger partial charge on any atom is -0.355 e. The number of nitrogens with one attached hydrogen (secondary N) is 4. The third kappa shape index (κ3) is 4.36. The van der Waals surface area contributed by atoms with Crippen LogP contribution in [0.25, 0.3) is 23.8 Å². The fraction of sp³-hybridized carbons (Fsp3) is 0.316. The molecule has 0 amide bonds. The van der Waals surface area contributed by atoms with Gasteiger partial charge in [-0.15, -0.1) is 0 Å².